The van der Waals surface area contributed by atoms with Gasteiger partial charge in [0.25, 0.3) is 11.5 Å². The number of hydrogen-bond donors (Lipinski definition) is 2. The van der Waals surface area contributed by atoms with E-state index in [-0.39, 0.29) is 23.1 Å². The summed E-state index contributed by atoms with van der Waals surface area (Å²) in [6, 6.07) is 12.3. The van der Waals surface area contributed by atoms with E-state index in [0.717, 1.165) is 37.7 Å². The van der Waals surface area contributed by atoms with E-state index in [0.29, 0.717) is 22.3 Å². The predicted octanol–water partition coefficient (Wildman–Crippen LogP) is 3.70. The molecule has 2 aromatic carbocycles. The van der Waals surface area contributed by atoms with Crippen LogP contribution in [0.1, 0.15) is 54.1 Å². The van der Waals surface area contributed by atoms with E-state index in [2.05, 4.69) is 20.3 Å². The summed E-state index contributed by atoms with van der Waals surface area (Å²) in [7, 11) is 0. The van der Waals surface area contributed by atoms with Crippen LogP contribution in [-0.4, -0.2) is 25.4 Å². The normalized spacial score (nSPS) is 14.7. The van der Waals surface area contributed by atoms with E-state index in [1.165, 1.54) is 4.57 Å². The fraction of sp³-hybridized carbons (Fsp3) is 0.292. The van der Waals surface area contributed by atoms with Gasteiger partial charge in [-0.05, 0) is 49.6 Å². The molecular formula is C24H23N5O3. The molecule has 32 heavy (non-hydrogen) atoms. The second kappa shape index (κ2) is 8.03. The molecule has 0 saturated heterocycles. The number of rotatable bonds is 3. The Balaban J connectivity index is 1.58. The van der Waals surface area contributed by atoms with E-state index >= 15 is 0 Å². The molecule has 162 valence electrons. The smallest absolute Gasteiger partial charge is 0.322 e. The number of anilines is 1. The first kappa shape index (κ1) is 20.1. The van der Waals surface area contributed by atoms with Crippen LogP contribution in [0.15, 0.2) is 52.1 Å². The zero-order chi connectivity index (χ0) is 22.2. The van der Waals surface area contributed by atoms with E-state index in [1.54, 1.807) is 36.4 Å². The van der Waals surface area contributed by atoms with Crippen LogP contribution in [-0.2, 0) is 0 Å². The van der Waals surface area contributed by atoms with Crippen molar-refractivity contribution in [2.75, 3.05) is 5.32 Å². The van der Waals surface area contributed by atoms with Crippen molar-refractivity contribution in [3.05, 3.63) is 74.4 Å². The van der Waals surface area contributed by atoms with Gasteiger partial charge in [0.05, 0.1) is 11.0 Å². The number of fused-ring (bicyclic) bond motifs is 2. The molecule has 0 aliphatic heterocycles. The van der Waals surface area contributed by atoms with Gasteiger partial charge in [-0.25, -0.2) is 14.8 Å². The molecule has 0 unspecified atom stereocenters. The van der Waals surface area contributed by atoms with Crippen LogP contribution in [0.5, 0.6) is 0 Å². The van der Waals surface area contributed by atoms with Crippen LogP contribution < -0.4 is 16.6 Å². The second-order valence-corrected chi connectivity index (χ2v) is 8.29. The average molecular weight is 429 g/mol. The Morgan fingerprint density at radius 2 is 1.75 bits per heavy atom. The Hall–Kier alpha value is -3.81. The minimum Gasteiger partial charge on any atom is -0.322 e. The highest BCUT2D eigenvalue weighted by molar-refractivity contribution is 6.05. The molecule has 2 heterocycles. The second-order valence-electron chi connectivity index (χ2n) is 8.29. The van der Waals surface area contributed by atoms with Crippen LogP contribution in [0, 0.1) is 6.92 Å². The van der Waals surface area contributed by atoms with Crippen molar-refractivity contribution in [1.29, 1.82) is 0 Å². The summed E-state index contributed by atoms with van der Waals surface area (Å²) in [6.45, 7) is 1.86. The van der Waals surface area contributed by atoms with Crippen molar-refractivity contribution in [3.63, 3.8) is 0 Å². The maximum absolute atomic E-state index is 13.1. The number of benzene rings is 2. The third-order valence-electron chi connectivity index (χ3n) is 6.10. The third kappa shape index (κ3) is 3.57. The topological polar surface area (TPSA) is 110 Å². The number of aryl methyl sites for hydroxylation is 1. The fourth-order valence-corrected chi connectivity index (χ4v) is 4.40. The number of aromatic amines is 1. The van der Waals surface area contributed by atoms with Crippen molar-refractivity contribution in [2.45, 2.75) is 45.1 Å². The number of carbonyl (C=O) groups excluding carboxylic acids is 1. The van der Waals surface area contributed by atoms with E-state index in [9.17, 15) is 14.4 Å². The lowest BCUT2D eigenvalue weighted by atomic mass is 9.95. The fourth-order valence-electron chi connectivity index (χ4n) is 4.40. The molecule has 1 aliphatic rings. The van der Waals surface area contributed by atoms with Crippen LogP contribution in [0.4, 0.5) is 5.69 Å². The summed E-state index contributed by atoms with van der Waals surface area (Å²) in [4.78, 5) is 50.1. The van der Waals surface area contributed by atoms with Crippen molar-refractivity contribution in [1.82, 2.24) is 19.5 Å². The van der Waals surface area contributed by atoms with Crippen LogP contribution in [0.25, 0.3) is 22.2 Å². The Labute approximate surface area is 183 Å². The monoisotopic (exact) mass is 429 g/mol. The first-order valence-corrected chi connectivity index (χ1v) is 10.8. The Bertz CT molecular complexity index is 1450. The number of nitrogens with one attached hydrogen (secondary N) is 2. The van der Waals surface area contributed by atoms with Gasteiger partial charge in [0.2, 0.25) is 0 Å². The summed E-state index contributed by atoms with van der Waals surface area (Å²) in [5, 5.41) is 2.90. The molecular weight excluding hydrogens is 406 g/mol. The van der Waals surface area contributed by atoms with Gasteiger partial charge in [-0.1, -0.05) is 37.5 Å². The van der Waals surface area contributed by atoms with Gasteiger partial charge >= 0.3 is 5.69 Å². The van der Waals surface area contributed by atoms with Gasteiger partial charge < -0.3 is 5.32 Å². The molecule has 2 N–H and O–H groups in total. The zero-order valence-electron chi connectivity index (χ0n) is 17.7. The van der Waals surface area contributed by atoms with Crippen LogP contribution in [0.2, 0.25) is 0 Å². The largest absolute Gasteiger partial charge is 0.330 e. The molecule has 1 aliphatic carbocycles. The zero-order valence-corrected chi connectivity index (χ0v) is 17.7. The summed E-state index contributed by atoms with van der Waals surface area (Å²) >= 11 is 0. The highest BCUT2D eigenvalue weighted by atomic mass is 16.2. The standard InChI is InChI=1S/C24H23N5O3/c1-14-12-18-19(13-17(14)27-22(30)15-8-4-2-5-9-15)26-21-20(25-18)23(31)29(24(32)28-21)16-10-6-3-7-11-16/h2,4-5,8-9,12-13,16H,3,6-7,10-11H2,1H3,(H,27,30)(H,26,28,32). The van der Waals surface area contributed by atoms with Crippen LogP contribution in [0.3, 0.4) is 0 Å². The van der Waals surface area contributed by atoms with E-state index < -0.39 is 11.2 Å². The third-order valence-corrected chi connectivity index (χ3v) is 6.10. The summed E-state index contributed by atoms with van der Waals surface area (Å²) in [5.41, 5.74) is 2.42. The van der Waals surface area contributed by atoms with Gasteiger partial charge in [-0.3, -0.25) is 19.1 Å². The average Bonchev–Trinajstić information content (AvgIpc) is 2.80. The van der Waals surface area contributed by atoms with Crippen molar-refractivity contribution in [3.8, 4) is 0 Å². The first-order valence-electron chi connectivity index (χ1n) is 10.8. The number of nitrogens with zero attached hydrogens (tertiary/aromatic N) is 3. The molecule has 8 heteroatoms. The van der Waals surface area contributed by atoms with Gasteiger partial charge in [0.1, 0.15) is 0 Å². The number of H-pyrrole nitrogens is 1. The lowest BCUT2D eigenvalue weighted by Gasteiger charge is -2.22. The maximum Gasteiger partial charge on any atom is 0.330 e. The molecule has 4 aromatic rings. The number of hydrogen-bond acceptors (Lipinski definition) is 5. The molecule has 1 fully saturated rings. The molecule has 0 spiro atoms. The molecule has 1 amide bonds. The molecule has 0 bridgehead atoms. The lowest BCUT2D eigenvalue weighted by molar-refractivity contribution is 0.102. The number of carbonyl (C=O) groups is 1. The van der Waals surface area contributed by atoms with Gasteiger partial charge in [-0.2, -0.15) is 0 Å². The van der Waals surface area contributed by atoms with E-state index in [1.807, 2.05) is 13.0 Å². The minimum atomic E-state index is -0.451. The highest BCUT2D eigenvalue weighted by Crippen LogP contribution is 2.26. The Morgan fingerprint density at radius 3 is 2.50 bits per heavy atom. The van der Waals surface area contributed by atoms with Gasteiger partial charge in [0, 0.05) is 17.3 Å². The number of amides is 1. The molecule has 1 saturated carbocycles. The highest BCUT2D eigenvalue weighted by Gasteiger charge is 2.21. The first-order chi connectivity index (χ1) is 15.5. The Kier molecular flexibility index (Phi) is 5.05. The summed E-state index contributed by atoms with van der Waals surface area (Å²) in [6.07, 6.45) is 4.78. The maximum atomic E-state index is 13.1. The van der Waals surface area contributed by atoms with Gasteiger partial charge in [0.15, 0.2) is 11.2 Å². The predicted molar refractivity (Wildman–Crippen MR) is 123 cm³/mol. The van der Waals surface area contributed by atoms with Gasteiger partial charge in [-0.15, -0.1) is 0 Å². The van der Waals surface area contributed by atoms with Crippen molar-refractivity contribution >= 4 is 33.8 Å². The van der Waals surface area contributed by atoms with Crippen molar-refractivity contribution in [2.24, 2.45) is 0 Å². The van der Waals surface area contributed by atoms with Crippen molar-refractivity contribution < 1.29 is 4.79 Å². The Morgan fingerprint density at radius 1 is 1.03 bits per heavy atom. The minimum absolute atomic E-state index is 0.0980. The van der Waals surface area contributed by atoms with Crippen LogP contribution >= 0.6 is 0 Å². The molecule has 2 aromatic heterocycles. The molecule has 0 radical (unpaired) electrons. The summed E-state index contributed by atoms with van der Waals surface area (Å²) in [5.74, 6) is -0.231. The van der Waals surface area contributed by atoms with E-state index in [4.69, 9.17) is 0 Å². The quantitative estimate of drug-likeness (QED) is 0.483. The molecule has 5 rings (SSSR count). The molecule has 0 atom stereocenters. The molecule has 8 nitrogen and oxygen atoms in total. The number of aromatic nitrogens is 4. The SMILES string of the molecule is Cc1cc2nc3c(=O)n(C4CCCCC4)c(=O)[nH]c3nc2cc1NC(=O)c1ccccc1. The summed E-state index contributed by atoms with van der Waals surface area (Å²) < 4.78 is 1.31. The lowest BCUT2D eigenvalue weighted by Crippen LogP contribution is -2.39.